The first-order valence-corrected chi connectivity index (χ1v) is 5.97. The van der Waals surface area contributed by atoms with Gasteiger partial charge in [-0.3, -0.25) is 4.79 Å². The van der Waals surface area contributed by atoms with Crippen molar-refractivity contribution in [3.63, 3.8) is 0 Å². The number of methoxy groups -OCH3 is 2. The molecule has 5 nitrogen and oxygen atoms in total. The summed E-state index contributed by atoms with van der Waals surface area (Å²) in [5.74, 6) is 1.41. The molecule has 1 aromatic carbocycles. The molecule has 18 heavy (non-hydrogen) atoms. The van der Waals surface area contributed by atoms with Crippen LogP contribution >= 0.6 is 0 Å². The Labute approximate surface area is 106 Å². The molecule has 1 fully saturated rings. The van der Waals surface area contributed by atoms with Crippen LogP contribution in [0.3, 0.4) is 0 Å². The van der Waals surface area contributed by atoms with Gasteiger partial charge in [-0.2, -0.15) is 0 Å². The number of nitrogens with one attached hydrogen (secondary N) is 2. The Morgan fingerprint density at radius 1 is 1.28 bits per heavy atom. The normalized spacial score (nSPS) is 19.2. The number of hydrogen-bond acceptors (Lipinski definition) is 4. The molecule has 5 heteroatoms. The summed E-state index contributed by atoms with van der Waals surface area (Å²) in [6, 6.07) is 5.48. The zero-order chi connectivity index (χ0) is 13.0. The number of para-hydroxylation sites is 1. The summed E-state index contributed by atoms with van der Waals surface area (Å²) in [6.45, 7) is 1.48. The van der Waals surface area contributed by atoms with E-state index < -0.39 is 0 Å². The van der Waals surface area contributed by atoms with E-state index in [1.54, 1.807) is 14.2 Å². The van der Waals surface area contributed by atoms with Crippen molar-refractivity contribution in [2.24, 2.45) is 0 Å². The number of carbonyl (C=O) groups excluding carboxylic acids is 1. The Morgan fingerprint density at radius 3 is 2.78 bits per heavy atom. The van der Waals surface area contributed by atoms with Gasteiger partial charge in [0.1, 0.15) is 0 Å². The molecule has 98 valence electrons. The van der Waals surface area contributed by atoms with Gasteiger partial charge in [0, 0.05) is 25.1 Å². The zero-order valence-electron chi connectivity index (χ0n) is 10.7. The highest BCUT2D eigenvalue weighted by atomic mass is 16.5. The lowest BCUT2D eigenvalue weighted by molar-refractivity contribution is -0.124. The average molecular weight is 250 g/mol. The number of benzene rings is 1. The third kappa shape index (κ3) is 2.56. The number of rotatable bonds is 4. The number of ether oxygens (including phenoxy) is 2. The first-order chi connectivity index (χ1) is 8.76. The third-order valence-electron chi connectivity index (χ3n) is 3.04. The summed E-state index contributed by atoms with van der Waals surface area (Å²) in [6.07, 6.45) is 0.589. The van der Waals surface area contributed by atoms with E-state index in [1.165, 1.54) is 0 Å². The Morgan fingerprint density at radius 2 is 2.11 bits per heavy atom. The van der Waals surface area contributed by atoms with E-state index in [0.29, 0.717) is 24.5 Å². The van der Waals surface area contributed by atoms with Crippen molar-refractivity contribution in [1.29, 1.82) is 0 Å². The molecule has 0 bridgehead atoms. The van der Waals surface area contributed by atoms with Crippen molar-refractivity contribution in [1.82, 2.24) is 10.6 Å². The molecule has 2 rings (SSSR count). The largest absolute Gasteiger partial charge is 0.493 e. The second-order valence-electron chi connectivity index (χ2n) is 4.15. The second-order valence-corrected chi connectivity index (χ2v) is 4.15. The van der Waals surface area contributed by atoms with E-state index in [-0.39, 0.29) is 11.9 Å². The maximum absolute atomic E-state index is 11.7. The third-order valence-corrected chi connectivity index (χ3v) is 3.04. The summed E-state index contributed by atoms with van der Waals surface area (Å²) in [5.41, 5.74) is 0.964. The number of carbonyl (C=O) groups is 1. The fourth-order valence-corrected chi connectivity index (χ4v) is 2.15. The molecule has 0 saturated carbocycles. The van der Waals surface area contributed by atoms with E-state index in [1.807, 2.05) is 18.2 Å². The standard InChI is InChI=1S/C13H18N2O3/c1-17-11-5-3-4-9(12(11)18-2)8-10-13(16)15-7-6-14-10/h3-5,10,14H,6-8H2,1-2H3,(H,15,16)/t10-/m0/s1. The SMILES string of the molecule is COc1cccc(C[C@@H]2NCCNC2=O)c1OC. The minimum atomic E-state index is -0.209. The van der Waals surface area contributed by atoms with Crippen molar-refractivity contribution in [3.05, 3.63) is 23.8 Å². The monoisotopic (exact) mass is 250 g/mol. The summed E-state index contributed by atoms with van der Waals surface area (Å²) >= 11 is 0. The van der Waals surface area contributed by atoms with Gasteiger partial charge in [0.25, 0.3) is 0 Å². The number of amides is 1. The smallest absolute Gasteiger partial charge is 0.237 e. The van der Waals surface area contributed by atoms with Gasteiger partial charge < -0.3 is 20.1 Å². The van der Waals surface area contributed by atoms with Crippen LogP contribution in [0.5, 0.6) is 11.5 Å². The summed E-state index contributed by atoms with van der Waals surface area (Å²) in [7, 11) is 3.21. The fourth-order valence-electron chi connectivity index (χ4n) is 2.15. The first-order valence-electron chi connectivity index (χ1n) is 5.97. The van der Waals surface area contributed by atoms with Crippen LogP contribution in [0.25, 0.3) is 0 Å². The molecule has 1 aliphatic rings. The zero-order valence-corrected chi connectivity index (χ0v) is 10.7. The molecule has 2 N–H and O–H groups in total. The van der Waals surface area contributed by atoms with Crippen molar-refractivity contribution in [2.75, 3.05) is 27.3 Å². The topological polar surface area (TPSA) is 59.6 Å². The average Bonchev–Trinajstić information content (AvgIpc) is 2.41. The lowest BCUT2D eigenvalue weighted by atomic mass is 10.0. The number of piperazine rings is 1. The Balaban J connectivity index is 2.20. The van der Waals surface area contributed by atoms with E-state index in [0.717, 1.165) is 12.1 Å². The summed E-state index contributed by atoms with van der Waals surface area (Å²) in [5, 5.41) is 6.04. The van der Waals surface area contributed by atoms with Crippen LogP contribution in [0.1, 0.15) is 5.56 Å². The molecule has 1 amide bonds. The van der Waals surface area contributed by atoms with Gasteiger partial charge in [-0.25, -0.2) is 0 Å². The van der Waals surface area contributed by atoms with Crippen molar-refractivity contribution < 1.29 is 14.3 Å². The van der Waals surface area contributed by atoms with Crippen LogP contribution in [-0.4, -0.2) is 39.3 Å². The van der Waals surface area contributed by atoms with Crippen molar-refractivity contribution in [3.8, 4) is 11.5 Å². The molecule has 1 atom stereocenters. The maximum Gasteiger partial charge on any atom is 0.237 e. The van der Waals surface area contributed by atoms with E-state index in [4.69, 9.17) is 9.47 Å². The maximum atomic E-state index is 11.7. The molecular formula is C13H18N2O3. The molecule has 0 aliphatic carbocycles. The van der Waals surface area contributed by atoms with Gasteiger partial charge >= 0.3 is 0 Å². The minimum Gasteiger partial charge on any atom is -0.493 e. The van der Waals surface area contributed by atoms with Crippen molar-refractivity contribution >= 4 is 5.91 Å². The molecule has 1 aliphatic heterocycles. The number of hydrogen-bond donors (Lipinski definition) is 2. The lowest BCUT2D eigenvalue weighted by Crippen LogP contribution is -2.53. The van der Waals surface area contributed by atoms with Gasteiger partial charge in [0.15, 0.2) is 11.5 Å². The summed E-state index contributed by atoms with van der Waals surface area (Å²) < 4.78 is 10.6. The highest BCUT2D eigenvalue weighted by molar-refractivity contribution is 5.83. The Kier molecular flexibility index (Phi) is 4.04. The van der Waals surface area contributed by atoms with Crippen molar-refractivity contribution in [2.45, 2.75) is 12.5 Å². The molecule has 1 aromatic rings. The van der Waals surface area contributed by atoms with Gasteiger partial charge in [-0.1, -0.05) is 12.1 Å². The van der Waals surface area contributed by atoms with E-state index in [9.17, 15) is 4.79 Å². The minimum absolute atomic E-state index is 0.0334. The van der Waals surface area contributed by atoms with Gasteiger partial charge in [-0.05, 0) is 6.07 Å². The summed E-state index contributed by atoms with van der Waals surface area (Å²) in [4.78, 5) is 11.7. The van der Waals surface area contributed by atoms with Crippen LogP contribution in [0.2, 0.25) is 0 Å². The van der Waals surface area contributed by atoms with Gasteiger partial charge in [0.2, 0.25) is 5.91 Å². The predicted octanol–water partition coefficient (Wildman–Crippen LogP) is 0.334. The van der Waals surface area contributed by atoms with E-state index in [2.05, 4.69) is 10.6 Å². The molecule has 0 spiro atoms. The Bertz CT molecular complexity index is 434. The highest BCUT2D eigenvalue weighted by Gasteiger charge is 2.23. The van der Waals surface area contributed by atoms with Crippen LogP contribution in [0, 0.1) is 0 Å². The van der Waals surface area contributed by atoms with Crippen LogP contribution in [0.15, 0.2) is 18.2 Å². The van der Waals surface area contributed by atoms with Gasteiger partial charge in [-0.15, -0.1) is 0 Å². The highest BCUT2D eigenvalue weighted by Crippen LogP contribution is 2.31. The van der Waals surface area contributed by atoms with Crippen LogP contribution < -0.4 is 20.1 Å². The second kappa shape index (κ2) is 5.73. The molecule has 0 unspecified atom stereocenters. The first kappa shape index (κ1) is 12.7. The van der Waals surface area contributed by atoms with Crippen LogP contribution in [-0.2, 0) is 11.2 Å². The molecule has 0 aromatic heterocycles. The van der Waals surface area contributed by atoms with E-state index >= 15 is 0 Å². The fraction of sp³-hybridized carbons (Fsp3) is 0.462. The molecule has 1 heterocycles. The van der Waals surface area contributed by atoms with Crippen LogP contribution in [0.4, 0.5) is 0 Å². The predicted molar refractivity (Wildman–Crippen MR) is 68.1 cm³/mol. The molecule has 0 radical (unpaired) electrons. The quantitative estimate of drug-likeness (QED) is 0.808. The lowest BCUT2D eigenvalue weighted by Gasteiger charge is -2.24. The van der Waals surface area contributed by atoms with Gasteiger partial charge in [0.05, 0.1) is 20.3 Å². The molecule has 1 saturated heterocycles. The Hall–Kier alpha value is -1.75. The molecular weight excluding hydrogens is 232 g/mol.